The van der Waals surface area contributed by atoms with Crippen molar-refractivity contribution in [1.29, 1.82) is 5.41 Å². The average molecular weight is 544 g/mol. The van der Waals surface area contributed by atoms with Crippen LogP contribution in [0.1, 0.15) is 23.1 Å². The monoisotopic (exact) mass is 543 g/mol. The summed E-state index contributed by atoms with van der Waals surface area (Å²) in [4.78, 5) is 52.2. The summed E-state index contributed by atoms with van der Waals surface area (Å²) < 4.78 is 5.47. The Balaban J connectivity index is 0.00000336. The van der Waals surface area contributed by atoms with Crippen LogP contribution in [0.5, 0.6) is 0 Å². The average Bonchev–Trinajstić information content (AvgIpc) is 3.25. The SMILES string of the molecule is Cl.N=C1NCc2cc(NC(=O)[C@H](O)[C@H]3OCCN(c4ccc5c(c4)N(CC(=O)O)C(=O)CC5)C3=O)ccc21. The summed E-state index contributed by atoms with van der Waals surface area (Å²) in [5.41, 5.74) is 3.59. The van der Waals surface area contributed by atoms with E-state index in [-0.39, 0.29) is 37.9 Å². The second-order valence-corrected chi connectivity index (χ2v) is 9.00. The number of amidine groups is 1. The number of carboxylic acids is 1. The van der Waals surface area contributed by atoms with Gasteiger partial charge in [0.1, 0.15) is 12.4 Å². The van der Waals surface area contributed by atoms with Crippen LogP contribution in [-0.2, 0) is 36.9 Å². The highest BCUT2D eigenvalue weighted by molar-refractivity contribution is 6.06. The number of aliphatic carboxylic acids is 1. The van der Waals surface area contributed by atoms with E-state index in [0.717, 1.165) is 16.7 Å². The number of rotatable bonds is 6. The Kier molecular flexibility index (Phi) is 7.67. The van der Waals surface area contributed by atoms with Crippen LogP contribution >= 0.6 is 12.4 Å². The third-order valence-electron chi connectivity index (χ3n) is 6.65. The van der Waals surface area contributed by atoms with Gasteiger partial charge in [0, 0.05) is 42.1 Å². The van der Waals surface area contributed by atoms with E-state index in [4.69, 9.17) is 10.1 Å². The lowest BCUT2D eigenvalue weighted by molar-refractivity contribution is -0.150. The number of carbonyl (C=O) groups excluding carboxylic acids is 3. The van der Waals surface area contributed by atoms with Crippen LogP contribution in [0.15, 0.2) is 36.4 Å². The predicted molar refractivity (Wildman–Crippen MR) is 139 cm³/mol. The third kappa shape index (κ3) is 5.05. The number of carbonyl (C=O) groups is 4. The van der Waals surface area contributed by atoms with Crippen LogP contribution in [-0.4, -0.2) is 71.6 Å². The number of aliphatic hydroxyl groups is 1. The molecule has 0 saturated carbocycles. The van der Waals surface area contributed by atoms with Crippen molar-refractivity contribution >= 4 is 59.0 Å². The number of hydrogen-bond acceptors (Lipinski definition) is 7. The van der Waals surface area contributed by atoms with Gasteiger partial charge in [-0.2, -0.15) is 0 Å². The van der Waals surface area contributed by atoms with E-state index in [1.807, 2.05) is 0 Å². The van der Waals surface area contributed by atoms with Crippen molar-refractivity contribution in [2.24, 2.45) is 0 Å². The molecular formula is C25H26ClN5O7. The van der Waals surface area contributed by atoms with Crippen molar-refractivity contribution in [3.63, 3.8) is 0 Å². The molecule has 0 spiro atoms. The highest BCUT2D eigenvalue weighted by Gasteiger charge is 2.40. The van der Waals surface area contributed by atoms with Gasteiger partial charge < -0.3 is 35.4 Å². The van der Waals surface area contributed by atoms with E-state index in [9.17, 15) is 29.4 Å². The summed E-state index contributed by atoms with van der Waals surface area (Å²) in [6.45, 7) is 0.172. The Morgan fingerprint density at radius 1 is 1.16 bits per heavy atom. The Morgan fingerprint density at radius 2 is 1.95 bits per heavy atom. The van der Waals surface area contributed by atoms with E-state index in [2.05, 4.69) is 10.6 Å². The van der Waals surface area contributed by atoms with Gasteiger partial charge in [0.05, 0.1) is 6.61 Å². The van der Waals surface area contributed by atoms with E-state index in [1.54, 1.807) is 36.4 Å². The number of carboxylic acid groups (broad SMARTS) is 1. The van der Waals surface area contributed by atoms with Gasteiger partial charge in [-0.25, -0.2) is 0 Å². The molecule has 0 radical (unpaired) electrons. The standard InChI is InChI=1S/C25H25N5O7.ClH/c26-23-17-5-3-15(9-14(17)11-27-23)28-24(35)21(34)22-25(36)29(7-8-37-22)16-4-1-13-2-6-19(31)30(12-20(32)33)18(13)10-16;/h1,3-5,9-10,21-22,34H,2,6-8,11-12H2,(H2,26,27)(H,28,35)(H,32,33);1H/t21-,22-;/m1./s1. The largest absolute Gasteiger partial charge is 0.480 e. The molecule has 0 aromatic heterocycles. The first-order valence-electron chi connectivity index (χ1n) is 11.8. The number of nitrogens with one attached hydrogen (secondary N) is 3. The highest BCUT2D eigenvalue weighted by Crippen LogP contribution is 2.33. The molecule has 0 aliphatic carbocycles. The summed E-state index contributed by atoms with van der Waals surface area (Å²) in [6.07, 6.45) is -2.58. The van der Waals surface area contributed by atoms with Crippen LogP contribution in [0.2, 0.25) is 0 Å². The van der Waals surface area contributed by atoms with Gasteiger partial charge in [-0.15, -0.1) is 12.4 Å². The molecule has 3 heterocycles. The minimum atomic E-state index is -1.79. The first kappa shape index (κ1) is 27.0. The highest BCUT2D eigenvalue weighted by atomic mass is 35.5. The molecule has 3 aliphatic heterocycles. The number of aryl methyl sites for hydroxylation is 1. The lowest BCUT2D eigenvalue weighted by Crippen LogP contribution is -2.55. The van der Waals surface area contributed by atoms with Crippen LogP contribution < -0.4 is 20.4 Å². The molecule has 5 N–H and O–H groups in total. The molecule has 3 amide bonds. The quantitative estimate of drug-likeness (QED) is 0.353. The Hall–Kier alpha value is -4.00. The molecule has 1 saturated heterocycles. The molecule has 12 nitrogen and oxygen atoms in total. The van der Waals surface area contributed by atoms with Gasteiger partial charge in [-0.1, -0.05) is 6.07 Å². The maximum atomic E-state index is 13.3. The molecule has 200 valence electrons. The third-order valence-corrected chi connectivity index (χ3v) is 6.65. The zero-order chi connectivity index (χ0) is 26.3. The Labute approximate surface area is 223 Å². The molecule has 1 fully saturated rings. The number of amides is 3. The summed E-state index contributed by atoms with van der Waals surface area (Å²) in [6, 6.07) is 10.0. The predicted octanol–water partition coefficient (Wildman–Crippen LogP) is 0.632. The van der Waals surface area contributed by atoms with Crippen LogP contribution in [0, 0.1) is 5.41 Å². The number of benzene rings is 2. The summed E-state index contributed by atoms with van der Waals surface area (Å²) >= 11 is 0. The number of aliphatic hydroxyl groups excluding tert-OH is 1. The van der Waals surface area contributed by atoms with E-state index in [1.165, 1.54) is 9.80 Å². The molecule has 13 heteroatoms. The van der Waals surface area contributed by atoms with Crippen LogP contribution in [0.3, 0.4) is 0 Å². The van der Waals surface area contributed by atoms with Crippen molar-refractivity contribution in [3.8, 4) is 0 Å². The fourth-order valence-electron chi connectivity index (χ4n) is 4.79. The molecule has 0 unspecified atom stereocenters. The lowest BCUT2D eigenvalue weighted by atomic mass is 9.99. The summed E-state index contributed by atoms with van der Waals surface area (Å²) in [5.74, 6) is -2.62. The van der Waals surface area contributed by atoms with Crippen molar-refractivity contribution in [2.75, 3.05) is 34.8 Å². The number of fused-ring (bicyclic) bond motifs is 2. The smallest absolute Gasteiger partial charge is 0.323 e. The maximum absolute atomic E-state index is 13.3. The molecule has 2 atom stereocenters. The van der Waals surface area contributed by atoms with Crippen LogP contribution in [0.25, 0.3) is 0 Å². The minimum absolute atomic E-state index is 0. The van der Waals surface area contributed by atoms with Gasteiger partial charge in [-0.3, -0.25) is 24.6 Å². The van der Waals surface area contributed by atoms with Crippen molar-refractivity contribution < 1.29 is 34.1 Å². The van der Waals surface area contributed by atoms with Gasteiger partial charge in [0.25, 0.3) is 11.8 Å². The van der Waals surface area contributed by atoms with Crippen molar-refractivity contribution in [3.05, 3.63) is 53.1 Å². The van der Waals surface area contributed by atoms with Gasteiger partial charge >= 0.3 is 5.97 Å². The molecule has 0 bridgehead atoms. The topological polar surface area (TPSA) is 172 Å². The van der Waals surface area contributed by atoms with Gasteiger partial charge in [0.15, 0.2) is 12.2 Å². The minimum Gasteiger partial charge on any atom is -0.480 e. The van der Waals surface area contributed by atoms with Crippen molar-refractivity contribution in [1.82, 2.24) is 5.32 Å². The molecule has 2 aromatic carbocycles. The number of ether oxygens (including phenoxy) is 1. The first-order chi connectivity index (χ1) is 17.7. The molecular weight excluding hydrogens is 518 g/mol. The molecule has 38 heavy (non-hydrogen) atoms. The number of halogens is 1. The second-order valence-electron chi connectivity index (χ2n) is 9.00. The lowest BCUT2D eigenvalue weighted by Gasteiger charge is -2.35. The normalized spacial score (nSPS) is 19.2. The molecule has 2 aromatic rings. The van der Waals surface area contributed by atoms with Crippen molar-refractivity contribution in [2.45, 2.75) is 31.6 Å². The molecule has 5 rings (SSSR count). The zero-order valence-corrected chi connectivity index (χ0v) is 20.9. The second kappa shape index (κ2) is 10.8. The van der Waals surface area contributed by atoms with Gasteiger partial charge in [0.2, 0.25) is 5.91 Å². The number of hydrogen-bond donors (Lipinski definition) is 5. The van der Waals surface area contributed by atoms with E-state index >= 15 is 0 Å². The zero-order valence-electron chi connectivity index (χ0n) is 20.1. The van der Waals surface area contributed by atoms with Crippen LogP contribution in [0.4, 0.5) is 17.1 Å². The fourth-order valence-corrected chi connectivity index (χ4v) is 4.79. The Bertz CT molecular complexity index is 1330. The fraction of sp³-hybridized carbons (Fsp3) is 0.320. The number of anilines is 3. The maximum Gasteiger partial charge on any atom is 0.323 e. The number of nitrogens with zero attached hydrogens (tertiary/aromatic N) is 2. The molecule has 3 aliphatic rings. The summed E-state index contributed by atoms with van der Waals surface area (Å²) in [5, 5.41) is 33.2. The number of morpholine rings is 1. The Morgan fingerprint density at radius 3 is 2.71 bits per heavy atom. The van der Waals surface area contributed by atoms with E-state index < -0.39 is 36.5 Å². The summed E-state index contributed by atoms with van der Waals surface area (Å²) in [7, 11) is 0. The van der Waals surface area contributed by atoms with E-state index in [0.29, 0.717) is 35.9 Å². The first-order valence-corrected chi connectivity index (χ1v) is 11.8. The van der Waals surface area contributed by atoms with Gasteiger partial charge in [-0.05, 0) is 47.9 Å².